The molecular formula is C16H23N3. The van der Waals surface area contributed by atoms with Gasteiger partial charge in [0, 0.05) is 30.7 Å². The van der Waals surface area contributed by atoms with Crippen LogP contribution in [0.4, 0.5) is 5.82 Å². The van der Waals surface area contributed by atoms with E-state index in [1.165, 1.54) is 49.2 Å². The summed E-state index contributed by atoms with van der Waals surface area (Å²) >= 11 is 0. The van der Waals surface area contributed by atoms with Crippen molar-refractivity contribution in [1.29, 1.82) is 0 Å². The average molecular weight is 257 g/mol. The summed E-state index contributed by atoms with van der Waals surface area (Å²) in [6.45, 7) is 2.18. The number of hydrogen-bond donors (Lipinski definition) is 1. The van der Waals surface area contributed by atoms with E-state index in [4.69, 9.17) is 4.98 Å². The van der Waals surface area contributed by atoms with E-state index in [9.17, 15) is 0 Å². The lowest BCUT2D eigenvalue weighted by molar-refractivity contribution is 0.464. The fourth-order valence-electron chi connectivity index (χ4n) is 4.15. The second kappa shape index (κ2) is 4.78. The van der Waals surface area contributed by atoms with Gasteiger partial charge in [0.1, 0.15) is 5.82 Å². The van der Waals surface area contributed by atoms with Gasteiger partial charge in [0.05, 0.1) is 0 Å². The van der Waals surface area contributed by atoms with Gasteiger partial charge < -0.3 is 10.2 Å². The van der Waals surface area contributed by atoms with Crippen LogP contribution in [-0.2, 0) is 12.8 Å². The van der Waals surface area contributed by atoms with E-state index >= 15 is 0 Å². The zero-order valence-corrected chi connectivity index (χ0v) is 11.6. The maximum atomic E-state index is 5.02. The van der Waals surface area contributed by atoms with Crippen molar-refractivity contribution in [3.8, 4) is 0 Å². The number of piperidine rings is 1. The van der Waals surface area contributed by atoms with E-state index in [2.05, 4.69) is 22.3 Å². The number of aromatic nitrogens is 1. The number of nitrogens with zero attached hydrogens (tertiary/aromatic N) is 2. The second-order valence-corrected chi connectivity index (χ2v) is 6.25. The molecular weight excluding hydrogens is 234 g/mol. The van der Waals surface area contributed by atoms with Crippen LogP contribution in [0, 0.1) is 0 Å². The van der Waals surface area contributed by atoms with Gasteiger partial charge in [-0.1, -0.05) is 6.07 Å². The zero-order chi connectivity index (χ0) is 12.7. The maximum absolute atomic E-state index is 5.02. The minimum Gasteiger partial charge on any atom is -0.351 e. The average Bonchev–Trinajstić information content (AvgIpc) is 2.64. The molecule has 3 aliphatic rings. The molecule has 0 radical (unpaired) electrons. The van der Waals surface area contributed by atoms with Gasteiger partial charge in [0.15, 0.2) is 0 Å². The molecule has 4 heterocycles. The van der Waals surface area contributed by atoms with Crippen molar-refractivity contribution in [2.24, 2.45) is 0 Å². The Balaban J connectivity index is 1.66. The lowest BCUT2D eigenvalue weighted by Gasteiger charge is -2.36. The summed E-state index contributed by atoms with van der Waals surface area (Å²) < 4.78 is 0. The Morgan fingerprint density at radius 3 is 2.63 bits per heavy atom. The summed E-state index contributed by atoms with van der Waals surface area (Å²) in [6.07, 6.45) is 9.14. The Morgan fingerprint density at radius 1 is 1.00 bits per heavy atom. The van der Waals surface area contributed by atoms with Crippen LogP contribution in [0.2, 0.25) is 0 Å². The molecule has 19 heavy (non-hydrogen) atoms. The highest BCUT2D eigenvalue weighted by Gasteiger charge is 2.37. The minimum absolute atomic E-state index is 0.771. The number of fused-ring (bicyclic) bond motifs is 3. The first-order valence-corrected chi connectivity index (χ1v) is 7.90. The number of rotatable bonds is 1. The summed E-state index contributed by atoms with van der Waals surface area (Å²) in [5.74, 6) is 1.26. The van der Waals surface area contributed by atoms with E-state index in [1.807, 2.05) is 0 Å². The van der Waals surface area contributed by atoms with Crippen molar-refractivity contribution in [1.82, 2.24) is 10.3 Å². The molecule has 2 atom stereocenters. The summed E-state index contributed by atoms with van der Waals surface area (Å²) in [5.41, 5.74) is 2.80. The van der Waals surface area contributed by atoms with Gasteiger partial charge in [0.2, 0.25) is 0 Å². The molecule has 1 N–H and O–H groups in total. The summed E-state index contributed by atoms with van der Waals surface area (Å²) in [5, 5.41) is 3.47. The molecule has 3 heteroatoms. The van der Waals surface area contributed by atoms with Gasteiger partial charge in [-0.25, -0.2) is 4.98 Å². The topological polar surface area (TPSA) is 28.2 Å². The number of anilines is 1. The van der Waals surface area contributed by atoms with Gasteiger partial charge in [0.25, 0.3) is 0 Å². The molecule has 2 saturated heterocycles. The van der Waals surface area contributed by atoms with Crippen molar-refractivity contribution < 1.29 is 0 Å². The van der Waals surface area contributed by atoms with Crippen LogP contribution in [0.3, 0.4) is 0 Å². The molecule has 0 amide bonds. The molecule has 102 valence electrons. The lowest BCUT2D eigenvalue weighted by atomic mass is 10.0. The monoisotopic (exact) mass is 257 g/mol. The highest BCUT2D eigenvalue weighted by Crippen LogP contribution is 2.38. The largest absolute Gasteiger partial charge is 0.351 e. The third-order valence-electron chi connectivity index (χ3n) is 5.12. The van der Waals surface area contributed by atoms with E-state index in [-0.39, 0.29) is 0 Å². The van der Waals surface area contributed by atoms with Crippen molar-refractivity contribution in [3.05, 3.63) is 23.4 Å². The van der Waals surface area contributed by atoms with Gasteiger partial charge in [-0.15, -0.1) is 0 Å². The molecule has 0 saturated carbocycles. The van der Waals surface area contributed by atoms with E-state index in [0.29, 0.717) is 0 Å². The number of pyridine rings is 1. The molecule has 3 nitrogen and oxygen atoms in total. The maximum Gasteiger partial charge on any atom is 0.129 e. The first kappa shape index (κ1) is 11.7. The molecule has 2 bridgehead atoms. The molecule has 0 aromatic carbocycles. The Labute approximate surface area is 115 Å². The second-order valence-electron chi connectivity index (χ2n) is 6.25. The van der Waals surface area contributed by atoms with Gasteiger partial charge >= 0.3 is 0 Å². The molecule has 0 aliphatic carbocycles. The summed E-state index contributed by atoms with van der Waals surface area (Å²) in [6, 6.07) is 6.15. The molecule has 0 spiro atoms. The van der Waals surface area contributed by atoms with Crippen LogP contribution < -0.4 is 10.2 Å². The quantitative estimate of drug-likeness (QED) is 0.836. The first-order valence-electron chi connectivity index (χ1n) is 7.90. The highest BCUT2D eigenvalue weighted by atomic mass is 15.3. The standard InChI is InChI=1S/C16H23N3/c1-2-13-5-6-14(3-1)19(13)16-7-4-12-8-10-17-11-9-15(12)18-16/h4,7,13-14,17H,1-3,5-6,8-11H2. The lowest BCUT2D eigenvalue weighted by Crippen LogP contribution is -2.40. The van der Waals surface area contributed by atoms with E-state index in [0.717, 1.165) is 38.0 Å². The van der Waals surface area contributed by atoms with Crippen LogP contribution in [0.5, 0.6) is 0 Å². The van der Waals surface area contributed by atoms with E-state index < -0.39 is 0 Å². The highest BCUT2D eigenvalue weighted by molar-refractivity contribution is 5.46. The van der Waals surface area contributed by atoms with Crippen molar-refractivity contribution >= 4 is 5.82 Å². The molecule has 2 fully saturated rings. The third kappa shape index (κ3) is 2.04. The zero-order valence-electron chi connectivity index (χ0n) is 11.6. The molecule has 1 aromatic heterocycles. The van der Waals surface area contributed by atoms with Crippen LogP contribution in [0.1, 0.15) is 43.4 Å². The fourth-order valence-corrected chi connectivity index (χ4v) is 4.15. The van der Waals surface area contributed by atoms with E-state index in [1.54, 1.807) is 0 Å². The minimum atomic E-state index is 0.771. The SMILES string of the molecule is c1cc2c(nc1N1C3CCCC1CC3)CCNCC2. The Kier molecular flexibility index (Phi) is 2.95. The molecule has 1 aromatic rings. The molecule has 3 aliphatic heterocycles. The smallest absolute Gasteiger partial charge is 0.129 e. The van der Waals surface area contributed by atoms with Crippen LogP contribution in [0.15, 0.2) is 12.1 Å². The first-order chi connectivity index (χ1) is 9.42. The van der Waals surface area contributed by atoms with Gasteiger partial charge in [-0.05, 0) is 56.7 Å². The Morgan fingerprint density at radius 2 is 1.79 bits per heavy atom. The fraction of sp³-hybridized carbons (Fsp3) is 0.688. The molecule has 4 rings (SSSR count). The van der Waals surface area contributed by atoms with Crippen molar-refractivity contribution in [2.75, 3.05) is 18.0 Å². The Bertz CT molecular complexity index is 455. The van der Waals surface area contributed by atoms with Crippen molar-refractivity contribution in [3.63, 3.8) is 0 Å². The summed E-state index contributed by atoms with van der Waals surface area (Å²) in [7, 11) is 0. The predicted molar refractivity (Wildman–Crippen MR) is 77.7 cm³/mol. The Hall–Kier alpha value is -1.09. The third-order valence-corrected chi connectivity index (χ3v) is 5.12. The predicted octanol–water partition coefficient (Wildman–Crippen LogP) is 2.29. The van der Waals surface area contributed by atoms with Crippen LogP contribution in [0.25, 0.3) is 0 Å². The van der Waals surface area contributed by atoms with Crippen LogP contribution >= 0.6 is 0 Å². The molecule has 2 unspecified atom stereocenters. The normalized spacial score (nSPS) is 30.0. The van der Waals surface area contributed by atoms with Crippen LogP contribution in [-0.4, -0.2) is 30.2 Å². The number of nitrogens with one attached hydrogen (secondary N) is 1. The summed E-state index contributed by atoms with van der Waals surface area (Å²) in [4.78, 5) is 7.66. The van der Waals surface area contributed by atoms with Gasteiger partial charge in [-0.2, -0.15) is 0 Å². The van der Waals surface area contributed by atoms with Gasteiger partial charge in [-0.3, -0.25) is 0 Å². The number of hydrogen-bond acceptors (Lipinski definition) is 3. The van der Waals surface area contributed by atoms with Crippen molar-refractivity contribution in [2.45, 2.75) is 57.0 Å².